The molecule has 1 aromatic carbocycles. The largest absolute Gasteiger partial charge is 0.366 e. The van der Waals surface area contributed by atoms with Crippen molar-refractivity contribution in [3.63, 3.8) is 0 Å². The van der Waals surface area contributed by atoms with Crippen LogP contribution in [0.15, 0.2) is 12.1 Å². The molecule has 5 nitrogen and oxygen atoms in total. The van der Waals surface area contributed by atoms with Crippen molar-refractivity contribution >= 4 is 39.4 Å². The first-order valence-corrected chi connectivity index (χ1v) is 5.09. The number of primary amides is 1. The van der Waals surface area contributed by atoms with E-state index >= 15 is 0 Å². The second kappa shape index (κ2) is 3.51. The molecular weight excluding hydrogens is 307 g/mol. The number of rotatable bonds is 1. The molecule has 0 bridgehead atoms. The first-order valence-electron chi connectivity index (χ1n) is 4.01. The van der Waals surface area contributed by atoms with Gasteiger partial charge in [0.15, 0.2) is 0 Å². The summed E-state index contributed by atoms with van der Waals surface area (Å²) in [6, 6.07) is 5.13. The number of nitrogens with two attached hydrogens (primary N) is 1. The minimum atomic E-state index is -0.549. The number of aromatic amines is 1. The van der Waals surface area contributed by atoms with Crippen molar-refractivity contribution in [1.29, 1.82) is 5.26 Å². The Morgan fingerprint density at radius 1 is 1.60 bits per heavy atom. The highest BCUT2D eigenvalue weighted by Crippen LogP contribution is 2.24. The van der Waals surface area contributed by atoms with E-state index in [1.165, 1.54) is 6.07 Å². The molecule has 2 aromatic rings. The summed E-state index contributed by atoms with van der Waals surface area (Å²) in [5, 5.41) is 16.2. The lowest BCUT2D eigenvalue weighted by Gasteiger charge is -1.98. The second-order valence-corrected chi connectivity index (χ2v) is 3.98. The predicted molar refractivity (Wildman–Crippen MR) is 62.0 cm³/mol. The Hall–Kier alpha value is -1.62. The average Bonchev–Trinajstić information content (AvgIpc) is 2.60. The van der Waals surface area contributed by atoms with Crippen molar-refractivity contribution in [1.82, 2.24) is 10.2 Å². The standard InChI is InChI=1S/C9H5IN4O/c10-8-6-4(3-11)1-2-5(9(12)15)7(6)13-14-8/h1-2H,(H2,12,15)(H,13,14). The SMILES string of the molecule is N#Cc1ccc(C(N)=O)c2n[nH]c(I)c12. The van der Waals surface area contributed by atoms with Crippen LogP contribution in [0.1, 0.15) is 15.9 Å². The van der Waals surface area contributed by atoms with Gasteiger partial charge < -0.3 is 5.73 Å². The summed E-state index contributed by atoms with van der Waals surface area (Å²) in [5.74, 6) is -0.549. The summed E-state index contributed by atoms with van der Waals surface area (Å²) in [7, 11) is 0. The van der Waals surface area contributed by atoms with Crippen molar-refractivity contribution in [2.75, 3.05) is 0 Å². The average molecular weight is 312 g/mol. The van der Waals surface area contributed by atoms with Crippen LogP contribution >= 0.6 is 22.6 Å². The molecule has 74 valence electrons. The summed E-state index contributed by atoms with van der Waals surface area (Å²) >= 11 is 2.02. The predicted octanol–water partition coefficient (Wildman–Crippen LogP) is 1.14. The Morgan fingerprint density at radius 2 is 2.33 bits per heavy atom. The van der Waals surface area contributed by atoms with E-state index in [1.807, 2.05) is 28.7 Å². The van der Waals surface area contributed by atoms with Gasteiger partial charge in [0.1, 0.15) is 9.22 Å². The lowest BCUT2D eigenvalue weighted by molar-refractivity contribution is 0.100. The van der Waals surface area contributed by atoms with Crippen molar-refractivity contribution in [3.8, 4) is 6.07 Å². The van der Waals surface area contributed by atoms with E-state index in [0.717, 1.165) is 3.70 Å². The molecule has 0 radical (unpaired) electrons. The number of hydrogen-bond acceptors (Lipinski definition) is 3. The van der Waals surface area contributed by atoms with Gasteiger partial charge in [-0.2, -0.15) is 10.4 Å². The minimum absolute atomic E-state index is 0.322. The van der Waals surface area contributed by atoms with Crippen molar-refractivity contribution < 1.29 is 4.79 Å². The van der Waals surface area contributed by atoms with Gasteiger partial charge in [-0.1, -0.05) is 0 Å². The normalized spacial score (nSPS) is 10.1. The number of nitrogens with one attached hydrogen (secondary N) is 1. The number of halogens is 1. The van der Waals surface area contributed by atoms with E-state index < -0.39 is 5.91 Å². The van der Waals surface area contributed by atoms with Gasteiger partial charge in [0.2, 0.25) is 0 Å². The van der Waals surface area contributed by atoms with E-state index in [2.05, 4.69) is 10.2 Å². The van der Waals surface area contributed by atoms with Gasteiger partial charge in [-0.25, -0.2) is 0 Å². The molecule has 0 saturated carbocycles. The molecule has 1 heterocycles. The third-order valence-electron chi connectivity index (χ3n) is 2.05. The molecule has 0 saturated heterocycles. The summed E-state index contributed by atoms with van der Waals surface area (Å²) in [6.45, 7) is 0. The molecule has 3 N–H and O–H groups in total. The van der Waals surface area contributed by atoms with E-state index in [1.54, 1.807) is 6.07 Å². The van der Waals surface area contributed by atoms with Gasteiger partial charge in [0, 0.05) is 0 Å². The Kier molecular flexibility index (Phi) is 2.32. The first kappa shape index (κ1) is 9.92. The fourth-order valence-corrected chi connectivity index (χ4v) is 2.05. The fraction of sp³-hybridized carbons (Fsp3) is 0. The van der Waals surface area contributed by atoms with Crippen molar-refractivity contribution in [3.05, 3.63) is 27.0 Å². The monoisotopic (exact) mass is 312 g/mol. The highest BCUT2D eigenvalue weighted by molar-refractivity contribution is 14.1. The quantitative estimate of drug-likeness (QED) is 0.773. The molecular formula is C9H5IN4O. The van der Waals surface area contributed by atoms with E-state index in [4.69, 9.17) is 11.0 Å². The van der Waals surface area contributed by atoms with Crippen LogP contribution in [0.25, 0.3) is 10.9 Å². The highest BCUT2D eigenvalue weighted by atomic mass is 127. The Morgan fingerprint density at radius 3 is 2.93 bits per heavy atom. The third-order valence-corrected chi connectivity index (χ3v) is 2.83. The van der Waals surface area contributed by atoms with Crippen LogP contribution in [-0.4, -0.2) is 16.1 Å². The molecule has 2 rings (SSSR count). The topological polar surface area (TPSA) is 95.6 Å². The maximum atomic E-state index is 11.1. The van der Waals surface area contributed by atoms with Crippen LogP contribution in [0, 0.1) is 15.0 Å². The Balaban J connectivity index is 2.93. The number of benzene rings is 1. The van der Waals surface area contributed by atoms with Crippen molar-refractivity contribution in [2.24, 2.45) is 5.73 Å². The first-order chi connectivity index (χ1) is 7.15. The maximum absolute atomic E-state index is 11.1. The second-order valence-electron chi connectivity index (χ2n) is 2.90. The molecule has 6 heteroatoms. The third kappa shape index (κ3) is 1.45. The van der Waals surface area contributed by atoms with E-state index in [0.29, 0.717) is 22.0 Å². The maximum Gasteiger partial charge on any atom is 0.250 e. The summed E-state index contributed by atoms with van der Waals surface area (Å²) in [4.78, 5) is 11.1. The smallest absolute Gasteiger partial charge is 0.250 e. The summed E-state index contributed by atoms with van der Waals surface area (Å²) in [6.07, 6.45) is 0. The van der Waals surface area contributed by atoms with Crippen LogP contribution in [-0.2, 0) is 0 Å². The summed E-state index contributed by atoms with van der Waals surface area (Å²) in [5.41, 5.74) is 6.45. The molecule has 0 unspecified atom stereocenters. The lowest BCUT2D eigenvalue weighted by Crippen LogP contribution is -2.11. The Bertz CT molecular complexity index is 596. The number of fused-ring (bicyclic) bond motifs is 1. The van der Waals surface area contributed by atoms with Gasteiger partial charge >= 0.3 is 0 Å². The van der Waals surface area contributed by atoms with Gasteiger partial charge in [-0.05, 0) is 34.7 Å². The number of carbonyl (C=O) groups excluding carboxylic acids is 1. The van der Waals surface area contributed by atoms with Gasteiger partial charge in [-0.15, -0.1) is 0 Å². The molecule has 0 aliphatic heterocycles. The van der Waals surface area contributed by atoms with Crippen LogP contribution in [0.5, 0.6) is 0 Å². The number of aromatic nitrogens is 2. The fourth-order valence-electron chi connectivity index (χ4n) is 1.38. The van der Waals surface area contributed by atoms with Gasteiger partial charge in [-0.3, -0.25) is 9.89 Å². The highest BCUT2D eigenvalue weighted by Gasteiger charge is 2.14. The molecule has 1 aromatic heterocycles. The molecule has 0 atom stereocenters. The minimum Gasteiger partial charge on any atom is -0.366 e. The zero-order valence-corrected chi connectivity index (χ0v) is 9.57. The number of nitriles is 1. The number of H-pyrrole nitrogens is 1. The van der Waals surface area contributed by atoms with Crippen molar-refractivity contribution in [2.45, 2.75) is 0 Å². The van der Waals surface area contributed by atoms with Crippen LogP contribution in [0.2, 0.25) is 0 Å². The van der Waals surface area contributed by atoms with Gasteiger partial charge in [0.05, 0.1) is 22.6 Å². The molecule has 1 amide bonds. The number of nitrogens with zero attached hydrogens (tertiary/aromatic N) is 2. The van der Waals surface area contributed by atoms with E-state index in [-0.39, 0.29) is 0 Å². The van der Waals surface area contributed by atoms with E-state index in [9.17, 15) is 4.79 Å². The number of carbonyl (C=O) groups is 1. The molecule has 0 aliphatic carbocycles. The zero-order valence-electron chi connectivity index (χ0n) is 7.41. The molecule has 15 heavy (non-hydrogen) atoms. The van der Waals surface area contributed by atoms with Crippen LogP contribution in [0.4, 0.5) is 0 Å². The molecule has 0 aliphatic rings. The molecule has 0 fully saturated rings. The van der Waals surface area contributed by atoms with Crippen LogP contribution < -0.4 is 5.73 Å². The summed E-state index contributed by atoms with van der Waals surface area (Å²) < 4.78 is 0.724. The number of amides is 1. The lowest BCUT2D eigenvalue weighted by atomic mass is 10.1. The molecule has 0 spiro atoms. The van der Waals surface area contributed by atoms with Crippen LogP contribution in [0.3, 0.4) is 0 Å². The number of hydrogen-bond donors (Lipinski definition) is 2. The Labute approximate surface area is 98.4 Å². The van der Waals surface area contributed by atoms with Gasteiger partial charge in [0.25, 0.3) is 5.91 Å². The zero-order chi connectivity index (χ0) is 11.0.